The Morgan fingerprint density at radius 2 is 1.60 bits per heavy atom. The van der Waals surface area contributed by atoms with E-state index in [1.54, 1.807) is 0 Å². The lowest BCUT2D eigenvalue weighted by atomic mass is 9.81. The minimum Gasteiger partial charge on any atom is -0.378 e. The third-order valence-corrected chi connectivity index (χ3v) is 6.40. The number of rotatable bonds is 6. The van der Waals surface area contributed by atoms with E-state index in [0.717, 1.165) is 43.4 Å². The number of amides is 2. The van der Waals surface area contributed by atoms with Crippen LogP contribution in [0, 0.1) is 5.41 Å². The van der Waals surface area contributed by atoms with Crippen LogP contribution in [0.2, 0.25) is 0 Å². The minimum absolute atomic E-state index is 0.0119. The Bertz CT molecular complexity index is 869. The Kier molecular flexibility index (Phi) is 6.48. The first-order valence-electron chi connectivity index (χ1n) is 11.0. The van der Waals surface area contributed by atoms with E-state index < -0.39 is 5.41 Å². The molecule has 2 aromatic carbocycles. The highest BCUT2D eigenvalue weighted by molar-refractivity contribution is 5.98. The number of ether oxygens (including phenoxy) is 1. The highest BCUT2D eigenvalue weighted by atomic mass is 16.5. The summed E-state index contributed by atoms with van der Waals surface area (Å²) >= 11 is 0. The van der Waals surface area contributed by atoms with Crippen molar-refractivity contribution >= 4 is 17.5 Å². The number of benzene rings is 2. The Morgan fingerprint density at radius 1 is 0.933 bits per heavy atom. The lowest BCUT2D eigenvalue weighted by Gasteiger charge is -2.32. The monoisotopic (exact) mass is 406 g/mol. The fraction of sp³-hybridized carbons (Fsp3) is 0.440. The second-order valence-electron chi connectivity index (χ2n) is 8.43. The van der Waals surface area contributed by atoms with Crippen LogP contribution in [0.15, 0.2) is 54.6 Å². The lowest BCUT2D eigenvalue weighted by Crippen LogP contribution is -2.45. The zero-order valence-electron chi connectivity index (χ0n) is 17.4. The average Bonchev–Trinajstić information content (AvgIpc) is 3.26. The lowest BCUT2D eigenvalue weighted by molar-refractivity contribution is -0.141. The van der Waals surface area contributed by atoms with Gasteiger partial charge in [0.25, 0.3) is 0 Å². The van der Waals surface area contributed by atoms with E-state index in [9.17, 15) is 9.59 Å². The van der Waals surface area contributed by atoms with Crippen molar-refractivity contribution in [2.75, 3.05) is 31.6 Å². The first kappa shape index (κ1) is 20.6. The summed E-state index contributed by atoms with van der Waals surface area (Å²) in [6.45, 7) is 2.41. The Balaban J connectivity index is 1.49. The van der Waals surface area contributed by atoms with Gasteiger partial charge in [0.2, 0.25) is 11.8 Å². The molecule has 2 aliphatic rings. The molecule has 1 aliphatic carbocycles. The fourth-order valence-electron chi connectivity index (χ4n) is 4.62. The number of anilines is 1. The third-order valence-electron chi connectivity index (χ3n) is 6.40. The Hall–Kier alpha value is -2.66. The third kappa shape index (κ3) is 4.73. The van der Waals surface area contributed by atoms with Crippen molar-refractivity contribution in [3.05, 3.63) is 65.7 Å². The highest BCUT2D eigenvalue weighted by Gasteiger charge is 2.43. The molecule has 1 saturated carbocycles. The van der Waals surface area contributed by atoms with Crippen LogP contribution in [0.1, 0.15) is 43.2 Å². The van der Waals surface area contributed by atoms with Crippen LogP contribution in [0.5, 0.6) is 0 Å². The van der Waals surface area contributed by atoms with Crippen LogP contribution in [-0.4, -0.2) is 43.0 Å². The molecular weight excluding hydrogens is 376 g/mol. The first-order chi connectivity index (χ1) is 14.7. The molecule has 1 saturated heterocycles. The summed E-state index contributed by atoms with van der Waals surface area (Å²) in [6.07, 6.45) is 4.59. The number of nitrogens with one attached hydrogen (secondary N) is 1. The molecule has 0 spiro atoms. The maximum Gasteiger partial charge on any atom is 0.231 e. The van der Waals surface area contributed by atoms with Crippen molar-refractivity contribution in [1.82, 2.24) is 4.90 Å². The normalized spacial score (nSPS) is 18.2. The standard InChI is InChI=1S/C25H30N2O3/c28-23(27-14-16-30-17-15-27)19-25(12-6-7-13-25)24(29)26-22-11-5-4-10-21(22)18-20-8-2-1-3-9-20/h1-5,8-11H,6-7,12-19H2,(H,26,29). The van der Waals surface area contributed by atoms with E-state index in [4.69, 9.17) is 4.74 Å². The first-order valence-corrected chi connectivity index (χ1v) is 11.0. The highest BCUT2D eigenvalue weighted by Crippen LogP contribution is 2.43. The quantitative estimate of drug-likeness (QED) is 0.788. The van der Waals surface area contributed by atoms with Gasteiger partial charge in [-0.25, -0.2) is 0 Å². The van der Waals surface area contributed by atoms with Gasteiger partial charge in [-0.1, -0.05) is 61.4 Å². The van der Waals surface area contributed by atoms with Crippen LogP contribution < -0.4 is 5.32 Å². The van der Waals surface area contributed by atoms with Gasteiger partial charge in [0.05, 0.1) is 18.6 Å². The van der Waals surface area contributed by atoms with Crippen LogP contribution >= 0.6 is 0 Å². The molecule has 5 nitrogen and oxygen atoms in total. The number of morpholine rings is 1. The molecule has 30 heavy (non-hydrogen) atoms. The van der Waals surface area contributed by atoms with Gasteiger partial charge >= 0.3 is 0 Å². The molecule has 158 valence electrons. The molecule has 2 aromatic rings. The summed E-state index contributed by atoms with van der Waals surface area (Å²) in [5.74, 6) is 0.0649. The molecule has 2 amide bonds. The minimum atomic E-state index is -0.602. The molecule has 5 heteroatoms. The number of carbonyl (C=O) groups is 2. The number of carbonyl (C=O) groups excluding carboxylic acids is 2. The maximum absolute atomic E-state index is 13.5. The predicted molar refractivity (Wildman–Crippen MR) is 117 cm³/mol. The van der Waals surface area contributed by atoms with Gasteiger partial charge in [-0.2, -0.15) is 0 Å². The average molecular weight is 407 g/mol. The second-order valence-corrected chi connectivity index (χ2v) is 8.43. The molecule has 0 bridgehead atoms. The molecule has 0 radical (unpaired) electrons. The SMILES string of the molecule is O=C(CC1(C(=O)Nc2ccccc2Cc2ccccc2)CCCC1)N1CCOCC1. The van der Waals surface area contributed by atoms with Crippen molar-refractivity contribution in [2.24, 2.45) is 5.41 Å². The number of nitrogens with zero attached hydrogens (tertiary/aromatic N) is 1. The van der Waals surface area contributed by atoms with Gasteiger partial charge in [0.15, 0.2) is 0 Å². The second kappa shape index (κ2) is 9.43. The summed E-state index contributed by atoms with van der Waals surface area (Å²) in [5.41, 5.74) is 2.54. The van der Waals surface area contributed by atoms with Gasteiger partial charge in [-0.3, -0.25) is 9.59 Å². The van der Waals surface area contributed by atoms with Gasteiger partial charge < -0.3 is 15.0 Å². The zero-order valence-corrected chi connectivity index (χ0v) is 17.4. The summed E-state index contributed by atoms with van der Waals surface area (Å²) in [4.78, 5) is 28.2. The van der Waals surface area contributed by atoms with Gasteiger partial charge in [-0.15, -0.1) is 0 Å². The molecule has 0 aromatic heterocycles. The molecule has 1 heterocycles. The summed E-state index contributed by atoms with van der Waals surface area (Å²) < 4.78 is 5.36. The zero-order chi connectivity index (χ0) is 20.8. The summed E-state index contributed by atoms with van der Waals surface area (Å²) in [6, 6.07) is 18.2. The molecule has 1 N–H and O–H groups in total. The molecule has 1 aliphatic heterocycles. The molecule has 0 atom stereocenters. The van der Waals surface area contributed by atoms with Crippen LogP contribution in [0.3, 0.4) is 0 Å². The largest absolute Gasteiger partial charge is 0.378 e. The van der Waals surface area contributed by atoms with Crippen molar-refractivity contribution in [2.45, 2.75) is 38.5 Å². The molecule has 4 rings (SSSR count). The van der Waals surface area contributed by atoms with Crippen LogP contribution in [0.25, 0.3) is 0 Å². The predicted octanol–water partition coefficient (Wildman–Crippen LogP) is 4.03. The van der Waals surface area contributed by atoms with Gasteiger partial charge in [0, 0.05) is 25.2 Å². The number of hydrogen-bond acceptors (Lipinski definition) is 3. The number of para-hydroxylation sites is 1. The van der Waals surface area contributed by atoms with Crippen molar-refractivity contribution in [1.29, 1.82) is 0 Å². The summed E-state index contributed by atoms with van der Waals surface area (Å²) in [7, 11) is 0. The topological polar surface area (TPSA) is 58.6 Å². The van der Waals surface area contributed by atoms with E-state index >= 15 is 0 Å². The summed E-state index contributed by atoms with van der Waals surface area (Å²) in [5, 5.41) is 3.19. The van der Waals surface area contributed by atoms with Crippen molar-refractivity contribution in [3.63, 3.8) is 0 Å². The van der Waals surface area contributed by atoms with Crippen LogP contribution in [0.4, 0.5) is 5.69 Å². The smallest absolute Gasteiger partial charge is 0.231 e. The van der Waals surface area contributed by atoms with Gasteiger partial charge in [-0.05, 0) is 36.5 Å². The Labute approximate surface area is 178 Å². The number of hydrogen-bond donors (Lipinski definition) is 1. The van der Waals surface area contributed by atoms with Crippen LogP contribution in [-0.2, 0) is 20.7 Å². The molecule has 2 fully saturated rings. The van der Waals surface area contributed by atoms with E-state index in [-0.39, 0.29) is 11.8 Å². The van der Waals surface area contributed by atoms with Crippen molar-refractivity contribution < 1.29 is 14.3 Å². The fourth-order valence-corrected chi connectivity index (χ4v) is 4.62. The van der Waals surface area contributed by atoms with E-state index in [1.807, 2.05) is 41.3 Å². The van der Waals surface area contributed by atoms with E-state index in [2.05, 4.69) is 23.5 Å². The van der Waals surface area contributed by atoms with Gasteiger partial charge in [0.1, 0.15) is 0 Å². The van der Waals surface area contributed by atoms with Crippen molar-refractivity contribution in [3.8, 4) is 0 Å². The molecular formula is C25H30N2O3. The Morgan fingerprint density at radius 3 is 2.33 bits per heavy atom. The van der Waals surface area contributed by atoms with E-state index in [1.165, 1.54) is 5.56 Å². The molecule has 0 unspecified atom stereocenters. The van der Waals surface area contributed by atoms with E-state index in [0.29, 0.717) is 32.7 Å². The maximum atomic E-state index is 13.5.